The molecular formula is C12H14BrF2NO. The number of alkyl halides is 1. The molecule has 0 saturated heterocycles. The summed E-state index contributed by atoms with van der Waals surface area (Å²) < 4.78 is 26.4. The molecule has 1 N–H and O–H groups in total. The zero-order valence-electron chi connectivity index (χ0n) is 9.31. The van der Waals surface area contributed by atoms with E-state index in [0.29, 0.717) is 6.54 Å². The predicted octanol–water partition coefficient (Wildman–Crippen LogP) is 3.26. The van der Waals surface area contributed by atoms with Crippen molar-refractivity contribution in [1.29, 1.82) is 0 Å². The molecule has 0 aliphatic heterocycles. The summed E-state index contributed by atoms with van der Waals surface area (Å²) in [6.07, 6.45) is 2.78. The highest BCUT2D eigenvalue weighted by molar-refractivity contribution is 9.09. The van der Waals surface area contributed by atoms with Crippen molar-refractivity contribution >= 4 is 21.8 Å². The van der Waals surface area contributed by atoms with Crippen LogP contribution in [-0.4, -0.2) is 17.8 Å². The first kappa shape index (κ1) is 14.1. The monoisotopic (exact) mass is 305 g/mol. The van der Waals surface area contributed by atoms with Crippen molar-refractivity contribution < 1.29 is 13.6 Å². The zero-order valence-corrected chi connectivity index (χ0v) is 10.9. The molecule has 0 unspecified atom stereocenters. The lowest BCUT2D eigenvalue weighted by Gasteiger charge is -2.06. The van der Waals surface area contributed by atoms with Gasteiger partial charge in [-0.15, -0.1) is 0 Å². The Balaban J connectivity index is 2.47. The summed E-state index contributed by atoms with van der Waals surface area (Å²) in [6.45, 7) is 0.430. The number of hydrogen-bond donors (Lipinski definition) is 1. The minimum absolute atomic E-state index is 0.430. The molecule has 0 heterocycles. The highest BCUT2D eigenvalue weighted by Crippen LogP contribution is 2.11. The van der Waals surface area contributed by atoms with E-state index in [-0.39, 0.29) is 0 Å². The van der Waals surface area contributed by atoms with Gasteiger partial charge in [0, 0.05) is 11.9 Å². The summed E-state index contributed by atoms with van der Waals surface area (Å²) in [7, 11) is 0. The van der Waals surface area contributed by atoms with Crippen LogP contribution in [0.5, 0.6) is 0 Å². The minimum Gasteiger partial charge on any atom is -0.352 e. The number of rotatable bonds is 6. The molecule has 1 aromatic carbocycles. The quantitative estimate of drug-likeness (QED) is 0.634. The van der Waals surface area contributed by atoms with Crippen molar-refractivity contribution in [3.8, 4) is 0 Å². The molecule has 0 aromatic heterocycles. The molecular weight excluding hydrogens is 292 g/mol. The van der Waals surface area contributed by atoms with Gasteiger partial charge >= 0.3 is 0 Å². The summed E-state index contributed by atoms with van der Waals surface area (Å²) >= 11 is 3.30. The van der Waals surface area contributed by atoms with Crippen LogP contribution in [0.3, 0.4) is 0 Å². The smallest absolute Gasteiger partial charge is 0.257 e. The Hall–Kier alpha value is -0.970. The largest absolute Gasteiger partial charge is 0.352 e. The molecule has 0 atom stereocenters. The maximum absolute atomic E-state index is 13.2. The second-order valence-corrected chi connectivity index (χ2v) is 4.40. The Bertz CT molecular complexity index is 365. The highest BCUT2D eigenvalue weighted by Gasteiger charge is 2.15. The number of carbonyl (C=O) groups excluding carboxylic acids is 1. The average molecular weight is 306 g/mol. The van der Waals surface area contributed by atoms with E-state index in [9.17, 15) is 13.6 Å². The third-order valence-corrected chi connectivity index (χ3v) is 2.85. The number of nitrogens with one attached hydrogen (secondary N) is 1. The zero-order chi connectivity index (χ0) is 12.7. The Morgan fingerprint density at radius 3 is 2.41 bits per heavy atom. The standard InChI is InChI=1S/C12H14BrF2NO/c13-7-2-1-3-8-16-12(17)11-9(14)5-4-6-10(11)15/h4-6H,1-3,7-8H2,(H,16,17). The molecule has 0 spiro atoms. The highest BCUT2D eigenvalue weighted by atomic mass is 79.9. The molecule has 0 fully saturated rings. The molecule has 0 aliphatic carbocycles. The third-order valence-electron chi connectivity index (χ3n) is 2.29. The molecule has 0 bridgehead atoms. The number of amides is 1. The summed E-state index contributed by atoms with van der Waals surface area (Å²) in [5.74, 6) is -2.36. The molecule has 1 rings (SSSR count). The molecule has 0 saturated carbocycles. The van der Waals surface area contributed by atoms with Crippen molar-refractivity contribution in [2.24, 2.45) is 0 Å². The van der Waals surface area contributed by atoms with Crippen LogP contribution in [0.2, 0.25) is 0 Å². The van der Waals surface area contributed by atoms with Gasteiger partial charge in [-0.05, 0) is 25.0 Å². The number of unbranched alkanes of at least 4 members (excludes halogenated alkanes) is 2. The molecule has 17 heavy (non-hydrogen) atoms. The first-order chi connectivity index (χ1) is 8.16. The lowest BCUT2D eigenvalue weighted by molar-refractivity contribution is 0.0944. The van der Waals surface area contributed by atoms with Crippen molar-refractivity contribution in [3.05, 3.63) is 35.4 Å². The van der Waals surface area contributed by atoms with Crippen LogP contribution in [-0.2, 0) is 0 Å². The lowest BCUT2D eigenvalue weighted by Crippen LogP contribution is -2.26. The number of hydrogen-bond acceptors (Lipinski definition) is 1. The summed E-state index contributed by atoms with van der Waals surface area (Å²) in [5.41, 5.74) is -0.506. The van der Waals surface area contributed by atoms with Crippen LogP contribution in [0.4, 0.5) is 8.78 Å². The second kappa shape index (κ2) is 7.37. The van der Waals surface area contributed by atoms with Crippen molar-refractivity contribution in [2.75, 3.05) is 11.9 Å². The van der Waals surface area contributed by atoms with Crippen molar-refractivity contribution in [2.45, 2.75) is 19.3 Å². The molecule has 5 heteroatoms. The van der Waals surface area contributed by atoms with E-state index in [4.69, 9.17) is 0 Å². The summed E-state index contributed by atoms with van der Waals surface area (Å²) in [6, 6.07) is 3.38. The van der Waals surface area contributed by atoms with Gasteiger partial charge in [0.2, 0.25) is 0 Å². The first-order valence-electron chi connectivity index (χ1n) is 5.45. The van der Waals surface area contributed by atoms with Gasteiger partial charge in [0.15, 0.2) is 0 Å². The van der Waals surface area contributed by atoms with E-state index in [1.54, 1.807) is 0 Å². The fourth-order valence-corrected chi connectivity index (χ4v) is 1.80. The molecule has 0 radical (unpaired) electrons. The van der Waals surface area contributed by atoms with Gasteiger partial charge in [-0.2, -0.15) is 0 Å². The van der Waals surface area contributed by atoms with Gasteiger partial charge < -0.3 is 5.32 Å². The molecule has 1 amide bonds. The van der Waals surface area contributed by atoms with Crippen molar-refractivity contribution in [1.82, 2.24) is 5.32 Å². The topological polar surface area (TPSA) is 29.1 Å². The average Bonchev–Trinajstić information content (AvgIpc) is 2.28. The normalized spacial score (nSPS) is 10.3. The van der Waals surface area contributed by atoms with Gasteiger partial charge in [-0.1, -0.05) is 28.4 Å². The van der Waals surface area contributed by atoms with Gasteiger partial charge in [0.25, 0.3) is 5.91 Å². The van der Waals surface area contributed by atoms with E-state index < -0.39 is 23.1 Å². The molecule has 0 aliphatic rings. The van der Waals surface area contributed by atoms with Crippen LogP contribution >= 0.6 is 15.9 Å². The van der Waals surface area contributed by atoms with E-state index in [1.165, 1.54) is 6.07 Å². The molecule has 2 nitrogen and oxygen atoms in total. The molecule has 94 valence electrons. The van der Waals surface area contributed by atoms with Crippen LogP contribution in [0.15, 0.2) is 18.2 Å². The minimum atomic E-state index is -0.831. The summed E-state index contributed by atoms with van der Waals surface area (Å²) in [5, 5.41) is 3.42. The predicted molar refractivity (Wildman–Crippen MR) is 66.3 cm³/mol. The van der Waals surface area contributed by atoms with Crippen LogP contribution in [0.1, 0.15) is 29.6 Å². The lowest BCUT2D eigenvalue weighted by atomic mass is 10.2. The van der Waals surface area contributed by atoms with E-state index in [1.807, 2.05) is 0 Å². The SMILES string of the molecule is O=C(NCCCCCBr)c1c(F)cccc1F. The Morgan fingerprint density at radius 2 is 1.82 bits per heavy atom. The molecule has 1 aromatic rings. The first-order valence-corrected chi connectivity index (χ1v) is 6.57. The van der Waals surface area contributed by atoms with Crippen LogP contribution in [0.25, 0.3) is 0 Å². The van der Waals surface area contributed by atoms with Gasteiger partial charge in [-0.25, -0.2) is 8.78 Å². The van der Waals surface area contributed by atoms with Gasteiger partial charge in [-0.3, -0.25) is 4.79 Å². The van der Waals surface area contributed by atoms with E-state index in [2.05, 4.69) is 21.2 Å². The van der Waals surface area contributed by atoms with Gasteiger partial charge in [0.05, 0.1) is 0 Å². The number of carbonyl (C=O) groups is 1. The van der Waals surface area contributed by atoms with Crippen LogP contribution < -0.4 is 5.32 Å². The fraction of sp³-hybridized carbons (Fsp3) is 0.417. The fourth-order valence-electron chi connectivity index (χ4n) is 1.40. The number of benzene rings is 1. The van der Waals surface area contributed by atoms with Crippen LogP contribution in [0, 0.1) is 11.6 Å². The third kappa shape index (κ3) is 4.42. The second-order valence-electron chi connectivity index (χ2n) is 3.60. The Kier molecular flexibility index (Phi) is 6.11. The van der Waals surface area contributed by atoms with E-state index in [0.717, 1.165) is 36.7 Å². The maximum atomic E-state index is 13.2. The Labute approximate surface area is 108 Å². The van der Waals surface area contributed by atoms with Crippen molar-refractivity contribution in [3.63, 3.8) is 0 Å². The maximum Gasteiger partial charge on any atom is 0.257 e. The van der Waals surface area contributed by atoms with E-state index >= 15 is 0 Å². The number of halogens is 3. The summed E-state index contributed by atoms with van der Waals surface area (Å²) in [4.78, 5) is 11.5. The Morgan fingerprint density at radius 1 is 1.18 bits per heavy atom. The van der Waals surface area contributed by atoms with Gasteiger partial charge in [0.1, 0.15) is 17.2 Å².